The van der Waals surface area contributed by atoms with Crippen molar-refractivity contribution in [1.82, 2.24) is 25.1 Å². The molecule has 2 aromatic rings. The van der Waals surface area contributed by atoms with Gasteiger partial charge in [-0.15, -0.1) is 0 Å². The van der Waals surface area contributed by atoms with E-state index >= 15 is 0 Å². The molecule has 0 radical (unpaired) electrons. The highest BCUT2D eigenvalue weighted by Crippen LogP contribution is 2.38. The van der Waals surface area contributed by atoms with Gasteiger partial charge in [0.2, 0.25) is 0 Å². The van der Waals surface area contributed by atoms with Gasteiger partial charge in [-0.1, -0.05) is 0 Å². The molecule has 7 nitrogen and oxygen atoms in total. The largest absolute Gasteiger partial charge is 0.354 e. The Morgan fingerprint density at radius 1 is 1.33 bits per heavy atom. The molecule has 24 heavy (non-hydrogen) atoms. The first-order valence-corrected chi connectivity index (χ1v) is 8.56. The van der Waals surface area contributed by atoms with Crippen molar-refractivity contribution >= 4 is 11.7 Å². The Balaban J connectivity index is 1.42. The molecule has 126 valence electrons. The zero-order valence-corrected chi connectivity index (χ0v) is 13.9. The van der Waals surface area contributed by atoms with Crippen LogP contribution in [-0.4, -0.2) is 44.8 Å². The highest BCUT2D eigenvalue weighted by Gasteiger charge is 2.28. The van der Waals surface area contributed by atoms with E-state index in [2.05, 4.69) is 20.3 Å². The lowest BCUT2D eigenvalue weighted by molar-refractivity contribution is 0.0933. The summed E-state index contributed by atoms with van der Waals surface area (Å²) in [6.45, 7) is 1.76. The van der Waals surface area contributed by atoms with Gasteiger partial charge in [0.1, 0.15) is 11.6 Å². The van der Waals surface area contributed by atoms with E-state index in [4.69, 9.17) is 4.98 Å². The molecule has 1 saturated carbocycles. The highest BCUT2D eigenvalue weighted by atomic mass is 16.1. The average Bonchev–Trinajstić information content (AvgIpc) is 3.36. The van der Waals surface area contributed by atoms with Crippen LogP contribution in [0, 0.1) is 0 Å². The predicted molar refractivity (Wildman–Crippen MR) is 89.9 cm³/mol. The third-order valence-electron chi connectivity index (χ3n) is 4.65. The van der Waals surface area contributed by atoms with Crippen molar-refractivity contribution in [1.29, 1.82) is 0 Å². The summed E-state index contributed by atoms with van der Waals surface area (Å²) in [6.07, 6.45) is 9.63. The van der Waals surface area contributed by atoms with E-state index in [0.29, 0.717) is 11.5 Å². The van der Waals surface area contributed by atoms with Crippen molar-refractivity contribution < 1.29 is 4.79 Å². The van der Waals surface area contributed by atoms with Crippen LogP contribution < -0.4 is 10.2 Å². The summed E-state index contributed by atoms with van der Waals surface area (Å²) in [7, 11) is 1.81. The molecule has 2 aliphatic rings. The molecule has 1 unspecified atom stereocenters. The molecule has 1 saturated heterocycles. The van der Waals surface area contributed by atoms with Gasteiger partial charge in [-0.25, -0.2) is 9.97 Å². The summed E-state index contributed by atoms with van der Waals surface area (Å²) in [6, 6.07) is 2.10. The number of hydrogen-bond acceptors (Lipinski definition) is 5. The van der Waals surface area contributed by atoms with Crippen molar-refractivity contribution in [2.24, 2.45) is 7.05 Å². The lowest BCUT2D eigenvalue weighted by Gasteiger charge is -2.34. The summed E-state index contributed by atoms with van der Waals surface area (Å²) in [5.41, 5.74) is 0.604. The maximum Gasteiger partial charge on any atom is 0.254 e. The Hall–Kier alpha value is -2.44. The topological polar surface area (TPSA) is 75.9 Å². The first-order valence-electron chi connectivity index (χ1n) is 8.56. The van der Waals surface area contributed by atoms with Crippen LogP contribution >= 0.6 is 0 Å². The van der Waals surface area contributed by atoms with Crippen molar-refractivity contribution in [3.8, 4) is 0 Å². The molecule has 2 aromatic heterocycles. The Morgan fingerprint density at radius 3 is 2.96 bits per heavy atom. The number of hydrogen-bond donors (Lipinski definition) is 1. The molecule has 1 aliphatic heterocycles. The number of carbonyl (C=O) groups excluding carboxylic acids is 1. The third-order valence-corrected chi connectivity index (χ3v) is 4.65. The molecule has 1 amide bonds. The molecule has 2 fully saturated rings. The SMILES string of the molecule is Cn1cc(C(=O)NC2CCCN(c3ccnc(C4CC4)n3)C2)cn1. The quantitative estimate of drug-likeness (QED) is 0.921. The minimum absolute atomic E-state index is 0.0590. The van der Waals surface area contributed by atoms with Crippen molar-refractivity contribution in [3.63, 3.8) is 0 Å². The standard InChI is InChI=1S/C17H22N6O/c1-22-10-13(9-19-22)17(24)20-14-3-2-8-23(11-14)15-6-7-18-16(21-15)12-4-5-12/h6-7,9-10,12,14H,2-5,8,11H2,1H3,(H,20,24). The Labute approximate surface area is 141 Å². The predicted octanol–water partition coefficient (Wildman–Crippen LogP) is 1.49. The minimum Gasteiger partial charge on any atom is -0.354 e. The van der Waals surface area contributed by atoms with Gasteiger partial charge in [0.05, 0.1) is 11.8 Å². The Kier molecular flexibility index (Phi) is 3.92. The van der Waals surface area contributed by atoms with Gasteiger partial charge in [-0.2, -0.15) is 5.10 Å². The number of aryl methyl sites for hydroxylation is 1. The number of rotatable bonds is 4. The fourth-order valence-electron chi connectivity index (χ4n) is 3.19. The molecule has 0 aromatic carbocycles. The number of nitrogens with one attached hydrogen (secondary N) is 1. The number of amides is 1. The van der Waals surface area contributed by atoms with Gasteiger partial charge in [0.15, 0.2) is 0 Å². The van der Waals surface area contributed by atoms with Gasteiger partial charge < -0.3 is 10.2 Å². The maximum atomic E-state index is 12.3. The van der Waals surface area contributed by atoms with E-state index < -0.39 is 0 Å². The van der Waals surface area contributed by atoms with E-state index in [1.54, 1.807) is 17.1 Å². The van der Waals surface area contributed by atoms with E-state index in [1.165, 1.54) is 12.8 Å². The molecule has 3 heterocycles. The fourth-order valence-corrected chi connectivity index (χ4v) is 3.19. The van der Waals surface area contributed by atoms with Crippen molar-refractivity contribution in [2.75, 3.05) is 18.0 Å². The van der Waals surface area contributed by atoms with E-state index in [9.17, 15) is 4.79 Å². The van der Waals surface area contributed by atoms with Crippen molar-refractivity contribution in [2.45, 2.75) is 37.6 Å². The van der Waals surface area contributed by atoms with Gasteiger partial charge in [0, 0.05) is 44.5 Å². The normalized spacial score (nSPS) is 20.9. The van der Waals surface area contributed by atoms with Crippen LogP contribution in [0.25, 0.3) is 0 Å². The number of aromatic nitrogens is 4. The molecule has 4 rings (SSSR count). The van der Waals surface area contributed by atoms with Gasteiger partial charge >= 0.3 is 0 Å². The van der Waals surface area contributed by atoms with Gasteiger partial charge in [-0.3, -0.25) is 9.48 Å². The summed E-state index contributed by atoms with van der Waals surface area (Å²) in [4.78, 5) is 23.7. The Bertz CT molecular complexity index is 738. The molecule has 0 bridgehead atoms. The van der Waals surface area contributed by atoms with Gasteiger partial charge in [-0.05, 0) is 31.7 Å². The fraction of sp³-hybridized carbons (Fsp3) is 0.529. The minimum atomic E-state index is -0.0590. The second-order valence-electron chi connectivity index (χ2n) is 6.71. The van der Waals surface area contributed by atoms with Crippen molar-refractivity contribution in [3.05, 3.63) is 36.0 Å². The number of nitrogens with zero attached hydrogens (tertiary/aromatic N) is 5. The molecule has 7 heteroatoms. The molecular formula is C17H22N6O. The van der Waals surface area contributed by atoms with E-state index in [-0.39, 0.29) is 11.9 Å². The average molecular weight is 326 g/mol. The lowest BCUT2D eigenvalue weighted by atomic mass is 10.1. The van der Waals surface area contributed by atoms with Crippen LogP contribution in [0.15, 0.2) is 24.7 Å². The zero-order chi connectivity index (χ0) is 16.5. The monoisotopic (exact) mass is 326 g/mol. The molecule has 1 aliphatic carbocycles. The van der Waals surface area contributed by atoms with Crippen LogP contribution in [0.2, 0.25) is 0 Å². The molecular weight excluding hydrogens is 304 g/mol. The smallest absolute Gasteiger partial charge is 0.254 e. The second kappa shape index (κ2) is 6.22. The van der Waals surface area contributed by atoms with Crippen LogP contribution in [-0.2, 0) is 7.05 Å². The van der Waals surface area contributed by atoms with Crippen LogP contribution in [0.3, 0.4) is 0 Å². The van der Waals surface area contributed by atoms with Gasteiger partial charge in [0.25, 0.3) is 5.91 Å². The molecule has 0 spiro atoms. The molecule has 1 N–H and O–H groups in total. The Morgan fingerprint density at radius 2 is 2.21 bits per heavy atom. The van der Waals surface area contributed by atoms with Crippen LogP contribution in [0.4, 0.5) is 5.82 Å². The lowest BCUT2D eigenvalue weighted by Crippen LogP contribution is -2.48. The number of carbonyl (C=O) groups is 1. The van der Waals surface area contributed by atoms with E-state index in [1.807, 2.05) is 19.3 Å². The molecule has 1 atom stereocenters. The third kappa shape index (κ3) is 3.25. The summed E-state index contributed by atoms with van der Waals surface area (Å²) < 4.78 is 1.64. The van der Waals surface area contributed by atoms with Crippen LogP contribution in [0.5, 0.6) is 0 Å². The number of piperidine rings is 1. The maximum absolute atomic E-state index is 12.3. The summed E-state index contributed by atoms with van der Waals surface area (Å²) in [5.74, 6) is 2.44. The highest BCUT2D eigenvalue weighted by molar-refractivity contribution is 5.93. The zero-order valence-electron chi connectivity index (χ0n) is 13.9. The second-order valence-corrected chi connectivity index (χ2v) is 6.71. The number of anilines is 1. The van der Waals surface area contributed by atoms with E-state index in [0.717, 1.165) is 37.6 Å². The summed E-state index contributed by atoms with van der Waals surface area (Å²) in [5, 5.41) is 7.17. The van der Waals surface area contributed by atoms with Crippen LogP contribution in [0.1, 0.15) is 47.8 Å². The first-order chi connectivity index (χ1) is 11.7. The summed E-state index contributed by atoms with van der Waals surface area (Å²) >= 11 is 0. The first kappa shape index (κ1) is 15.1.